The number of ether oxygens (including phenoxy) is 1. The minimum atomic E-state index is -4.02. The second-order valence-corrected chi connectivity index (χ2v) is 9.54. The van der Waals surface area contributed by atoms with Crippen molar-refractivity contribution in [1.82, 2.24) is 4.31 Å². The molecule has 1 atom stereocenters. The summed E-state index contributed by atoms with van der Waals surface area (Å²) in [7, 11) is -4.02. The van der Waals surface area contributed by atoms with Gasteiger partial charge in [-0.3, -0.25) is 4.79 Å². The van der Waals surface area contributed by atoms with Crippen LogP contribution in [0.1, 0.15) is 29.5 Å². The first kappa shape index (κ1) is 22.4. The maximum absolute atomic E-state index is 13.5. The van der Waals surface area contributed by atoms with Gasteiger partial charge in [0.25, 0.3) is 0 Å². The third-order valence-electron chi connectivity index (χ3n) is 5.38. The zero-order chi connectivity index (χ0) is 21.9. The van der Waals surface area contributed by atoms with Crippen molar-refractivity contribution in [2.45, 2.75) is 44.6 Å². The fraction of sp³-hybridized carbons (Fsp3) is 0.409. The van der Waals surface area contributed by atoms with E-state index in [2.05, 4.69) is 5.32 Å². The summed E-state index contributed by atoms with van der Waals surface area (Å²) in [6.07, 6.45) is 1.31. The molecule has 0 aromatic heterocycles. The standard InChI is InChI=1S/C22H27FN2O4S/c1-15-6-4-8-20(17(15)3)24-22(26)14-25(13-19-7-5-11-29-19)30(27,28)21-10-9-18(23)12-16(21)2/h4,6,8-10,12,19H,5,7,11,13-14H2,1-3H3,(H,24,26). The molecule has 1 saturated heterocycles. The van der Waals surface area contributed by atoms with E-state index < -0.39 is 21.7 Å². The van der Waals surface area contributed by atoms with Crippen molar-refractivity contribution in [1.29, 1.82) is 0 Å². The van der Waals surface area contributed by atoms with Gasteiger partial charge in [-0.1, -0.05) is 12.1 Å². The summed E-state index contributed by atoms with van der Waals surface area (Å²) in [6, 6.07) is 9.08. The molecule has 0 spiro atoms. The first-order chi connectivity index (χ1) is 14.2. The van der Waals surface area contributed by atoms with Gasteiger partial charge in [0.2, 0.25) is 15.9 Å². The summed E-state index contributed by atoms with van der Waals surface area (Å²) in [5, 5.41) is 2.81. The predicted octanol–water partition coefficient (Wildman–Crippen LogP) is 3.56. The Hall–Kier alpha value is -2.29. The van der Waals surface area contributed by atoms with Crippen molar-refractivity contribution in [2.75, 3.05) is 25.0 Å². The molecule has 0 radical (unpaired) electrons. The number of carbonyl (C=O) groups excluding carboxylic acids is 1. The molecular formula is C22H27FN2O4S. The molecule has 0 aliphatic carbocycles. The van der Waals surface area contributed by atoms with Crippen LogP contribution < -0.4 is 5.32 Å². The molecule has 1 fully saturated rings. The van der Waals surface area contributed by atoms with Crippen LogP contribution in [0.4, 0.5) is 10.1 Å². The molecule has 1 aliphatic heterocycles. The Kier molecular flexibility index (Phi) is 6.90. The number of nitrogens with zero attached hydrogens (tertiary/aromatic N) is 1. The number of nitrogens with one attached hydrogen (secondary N) is 1. The van der Waals surface area contributed by atoms with Crippen LogP contribution in [-0.4, -0.2) is 44.4 Å². The number of hydrogen-bond donors (Lipinski definition) is 1. The third-order valence-corrected chi connectivity index (χ3v) is 7.36. The number of hydrogen-bond acceptors (Lipinski definition) is 4. The van der Waals surface area contributed by atoms with E-state index in [9.17, 15) is 17.6 Å². The molecule has 1 amide bonds. The summed E-state index contributed by atoms with van der Waals surface area (Å²) >= 11 is 0. The molecule has 8 heteroatoms. The zero-order valence-corrected chi connectivity index (χ0v) is 18.3. The molecule has 3 rings (SSSR count). The average Bonchev–Trinajstić information content (AvgIpc) is 3.18. The van der Waals surface area contributed by atoms with E-state index in [1.54, 1.807) is 6.07 Å². The Morgan fingerprint density at radius 2 is 1.97 bits per heavy atom. The lowest BCUT2D eigenvalue weighted by atomic mass is 10.1. The smallest absolute Gasteiger partial charge is 0.243 e. The minimum Gasteiger partial charge on any atom is -0.377 e. The second kappa shape index (κ2) is 9.24. The van der Waals surface area contributed by atoms with Gasteiger partial charge in [0.05, 0.1) is 17.5 Å². The van der Waals surface area contributed by atoms with Gasteiger partial charge in [-0.15, -0.1) is 0 Å². The van der Waals surface area contributed by atoms with Gasteiger partial charge < -0.3 is 10.1 Å². The van der Waals surface area contributed by atoms with Crippen molar-refractivity contribution in [3.05, 3.63) is 58.9 Å². The van der Waals surface area contributed by atoms with Crippen LogP contribution in [0, 0.1) is 26.6 Å². The Morgan fingerprint density at radius 1 is 1.20 bits per heavy atom. The first-order valence-electron chi connectivity index (χ1n) is 9.92. The molecule has 0 saturated carbocycles. The number of aryl methyl sites for hydroxylation is 2. The normalized spacial score (nSPS) is 16.8. The molecule has 30 heavy (non-hydrogen) atoms. The van der Waals surface area contributed by atoms with Crippen LogP contribution in [0.2, 0.25) is 0 Å². The van der Waals surface area contributed by atoms with E-state index in [0.717, 1.165) is 34.3 Å². The topological polar surface area (TPSA) is 75.7 Å². The van der Waals surface area contributed by atoms with E-state index in [1.807, 2.05) is 26.0 Å². The van der Waals surface area contributed by atoms with Gasteiger partial charge in [0.1, 0.15) is 5.82 Å². The first-order valence-corrected chi connectivity index (χ1v) is 11.4. The quantitative estimate of drug-likeness (QED) is 0.723. The Bertz CT molecular complexity index is 1030. The van der Waals surface area contributed by atoms with Gasteiger partial charge in [-0.05, 0) is 74.6 Å². The Morgan fingerprint density at radius 3 is 2.63 bits per heavy atom. The molecule has 1 unspecified atom stereocenters. The highest BCUT2D eigenvalue weighted by atomic mass is 32.2. The van der Waals surface area contributed by atoms with Crippen molar-refractivity contribution in [3.63, 3.8) is 0 Å². The number of halogens is 1. The molecule has 2 aromatic rings. The molecule has 1 aliphatic rings. The number of amides is 1. The SMILES string of the molecule is Cc1cc(F)ccc1S(=O)(=O)N(CC(=O)Nc1cccc(C)c1C)CC1CCCO1. The highest BCUT2D eigenvalue weighted by Gasteiger charge is 2.32. The monoisotopic (exact) mass is 434 g/mol. The maximum Gasteiger partial charge on any atom is 0.243 e. The van der Waals surface area contributed by atoms with E-state index in [4.69, 9.17) is 4.74 Å². The van der Waals surface area contributed by atoms with E-state index >= 15 is 0 Å². The molecule has 1 N–H and O–H groups in total. The van der Waals surface area contributed by atoms with Crippen molar-refractivity contribution < 1.29 is 22.3 Å². The third kappa shape index (κ3) is 5.06. The van der Waals surface area contributed by atoms with E-state index in [-0.39, 0.29) is 24.1 Å². The Balaban J connectivity index is 1.86. The van der Waals surface area contributed by atoms with Crippen LogP contribution in [0.3, 0.4) is 0 Å². The summed E-state index contributed by atoms with van der Waals surface area (Å²) in [5.74, 6) is -0.949. The van der Waals surface area contributed by atoms with Crippen molar-refractivity contribution in [2.24, 2.45) is 0 Å². The van der Waals surface area contributed by atoms with Crippen molar-refractivity contribution in [3.8, 4) is 0 Å². The molecule has 2 aromatic carbocycles. The lowest BCUT2D eigenvalue weighted by Gasteiger charge is -2.25. The number of carbonyl (C=O) groups is 1. The largest absolute Gasteiger partial charge is 0.377 e. The summed E-state index contributed by atoms with van der Waals surface area (Å²) in [5.41, 5.74) is 2.89. The number of anilines is 1. The summed E-state index contributed by atoms with van der Waals surface area (Å²) < 4.78 is 46.9. The lowest BCUT2D eigenvalue weighted by molar-refractivity contribution is -0.116. The fourth-order valence-electron chi connectivity index (χ4n) is 3.54. The number of sulfonamides is 1. The molecular weight excluding hydrogens is 407 g/mol. The molecule has 1 heterocycles. The van der Waals surface area contributed by atoms with Gasteiger partial charge in [-0.2, -0.15) is 4.31 Å². The summed E-state index contributed by atoms with van der Waals surface area (Å²) in [4.78, 5) is 12.7. The van der Waals surface area contributed by atoms with Crippen molar-refractivity contribution >= 4 is 21.6 Å². The van der Waals surface area contributed by atoms with Crippen LogP contribution in [0.5, 0.6) is 0 Å². The van der Waals surface area contributed by atoms with Gasteiger partial charge in [-0.25, -0.2) is 12.8 Å². The Labute approximate surface area is 177 Å². The molecule has 0 bridgehead atoms. The molecule has 162 valence electrons. The van der Waals surface area contributed by atoms with Crippen LogP contribution in [0.25, 0.3) is 0 Å². The average molecular weight is 435 g/mol. The highest BCUT2D eigenvalue weighted by molar-refractivity contribution is 7.89. The van der Waals surface area contributed by atoms with Crippen LogP contribution in [0.15, 0.2) is 41.3 Å². The highest BCUT2D eigenvalue weighted by Crippen LogP contribution is 2.24. The second-order valence-electron chi connectivity index (χ2n) is 7.64. The number of rotatable bonds is 7. The minimum absolute atomic E-state index is 0.0126. The van der Waals surface area contributed by atoms with Crippen LogP contribution >= 0.6 is 0 Å². The zero-order valence-electron chi connectivity index (χ0n) is 17.4. The van der Waals surface area contributed by atoms with Gasteiger partial charge in [0, 0.05) is 18.8 Å². The van der Waals surface area contributed by atoms with E-state index in [0.29, 0.717) is 17.9 Å². The van der Waals surface area contributed by atoms with Crippen LogP contribution in [-0.2, 0) is 19.6 Å². The maximum atomic E-state index is 13.5. The summed E-state index contributed by atoms with van der Waals surface area (Å²) in [6.45, 7) is 5.66. The van der Waals surface area contributed by atoms with E-state index in [1.165, 1.54) is 19.1 Å². The van der Waals surface area contributed by atoms with Gasteiger partial charge in [0.15, 0.2) is 0 Å². The van der Waals surface area contributed by atoms with Gasteiger partial charge >= 0.3 is 0 Å². The molecule has 6 nitrogen and oxygen atoms in total. The predicted molar refractivity (Wildman–Crippen MR) is 113 cm³/mol. The fourth-order valence-corrected chi connectivity index (χ4v) is 5.17. The lowest BCUT2D eigenvalue weighted by Crippen LogP contribution is -2.42. The number of benzene rings is 2.